The zero-order valence-electron chi connectivity index (χ0n) is 11.3. The van der Waals surface area contributed by atoms with E-state index < -0.39 is 0 Å². The Hall–Kier alpha value is -2.10. The fourth-order valence-electron chi connectivity index (χ4n) is 2.04. The number of carbonyl (C=O) groups is 1. The third kappa shape index (κ3) is 3.02. The van der Waals surface area contributed by atoms with Gasteiger partial charge in [0.15, 0.2) is 5.43 Å². The SMILES string of the molecule is CCCNC(=O)Cn1ccc(=O)c2cc(C)ccc21. The molecule has 1 aromatic carbocycles. The number of nitrogens with zero attached hydrogens (tertiary/aromatic N) is 1. The first kappa shape index (κ1) is 13.3. The smallest absolute Gasteiger partial charge is 0.239 e. The third-order valence-corrected chi connectivity index (χ3v) is 3.02. The number of fused-ring (bicyclic) bond motifs is 1. The molecule has 1 amide bonds. The summed E-state index contributed by atoms with van der Waals surface area (Å²) in [5.74, 6) is -0.0348. The lowest BCUT2D eigenvalue weighted by Crippen LogP contribution is -2.28. The van der Waals surface area contributed by atoms with Crippen LogP contribution in [0.15, 0.2) is 35.3 Å². The molecular weight excluding hydrogens is 240 g/mol. The van der Waals surface area contributed by atoms with Crippen LogP contribution in [0.1, 0.15) is 18.9 Å². The third-order valence-electron chi connectivity index (χ3n) is 3.02. The summed E-state index contributed by atoms with van der Waals surface area (Å²) in [6.07, 6.45) is 2.58. The van der Waals surface area contributed by atoms with Gasteiger partial charge in [-0.2, -0.15) is 0 Å². The molecule has 0 aliphatic heterocycles. The van der Waals surface area contributed by atoms with Crippen molar-refractivity contribution in [2.75, 3.05) is 6.54 Å². The largest absolute Gasteiger partial charge is 0.355 e. The molecule has 19 heavy (non-hydrogen) atoms. The lowest BCUT2D eigenvalue weighted by atomic mass is 10.1. The van der Waals surface area contributed by atoms with Crippen LogP contribution in [0.5, 0.6) is 0 Å². The maximum Gasteiger partial charge on any atom is 0.239 e. The van der Waals surface area contributed by atoms with Gasteiger partial charge in [0.2, 0.25) is 5.91 Å². The summed E-state index contributed by atoms with van der Waals surface area (Å²) in [6.45, 7) is 4.87. The van der Waals surface area contributed by atoms with Crippen molar-refractivity contribution in [3.63, 3.8) is 0 Å². The first-order chi connectivity index (χ1) is 9.11. The van der Waals surface area contributed by atoms with Crippen LogP contribution in [0, 0.1) is 6.92 Å². The van der Waals surface area contributed by atoms with Crippen LogP contribution in [0.4, 0.5) is 0 Å². The van der Waals surface area contributed by atoms with Crippen molar-refractivity contribution in [2.45, 2.75) is 26.8 Å². The molecule has 0 saturated carbocycles. The molecule has 0 bridgehead atoms. The highest BCUT2D eigenvalue weighted by Crippen LogP contribution is 2.12. The standard InChI is InChI=1S/C15H18N2O2/c1-3-7-16-15(19)10-17-8-6-14(18)12-9-11(2)4-5-13(12)17/h4-6,8-9H,3,7,10H2,1-2H3,(H,16,19). The molecule has 100 valence electrons. The number of hydrogen-bond acceptors (Lipinski definition) is 2. The molecule has 4 nitrogen and oxygen atoms in total. The van der Waals surface area contributed by atoms with Gasteiger partial charge >= 0.3 is 0 Å². The van der Waals surface area contributed by atoms with Gasteiger partial charge in [0.25, 0.3) is 0 Å². The molecule has 0 spiro atoms. The van der Waals surface area contributed by atoms with Gasteiger partial charge in [-0.25, -0.2) is 0 Å². The first-order valence-corrected chi connectivity index (χ1v) is 6.48. The van der Waals surface area contributed by atoms with Crippen LogP contribution in [0.3, 0.4) is 0 Å². The molecule has 1 aromatic heterocycles. The van der Waals surface area contributed by atoms with Crippen molar-refractivity contribution < 1.29 is 4.79 Å². The molecule has 2 rings (SSSR count). The van der Waals surface area contributed by atoms with Gasteiger partial charge in [0, 0.05) is 24.2 Å². The maximum absolute atomic E-state index is 11.8. The molecule has 0 saturated heterocycles. The fraction of sp³-hybridized carbons (Fsp3) is 0.333. The zero-order valence-corrected chi connectivity index (χ0v) is 11.3. The average molecular weight is 258 g/mol. The van der Waals surface area contributed by atoms with Crippen molar-refractivity contribution in [1.82, 2.24) is 9.88 Å². The highest BCUT2D eigenvalue weighted by molar-refractivity contribution is 5.82. The van der Waals surface area contributed by atoms with Crippen molar-refractivity contribution in [3.05, 3.63) is 46.2 Å². The predicted octanol–water partition coefficient (Wildman–Crippen LogP) is 1.84. The summed E-state index contributed by atoms with van der Waals surface area (Å²) in [6, 6.07) is 7.20. The summed E-state index contributed by atoms with van der Waals surface area (Å²) in [5, 5.41) is 3.49. The number of amides is 1. The molecule has 0 aliphatic carbocycles. The summed E-state index contributed by atoms with van der Waals surface area (Å²) in [7, 11) is 0. The Bertz CT molecular complexity index is 659. The number of benzene rings is 1. The van der Waals surface area contributed by atoms with Crippen LogP contribution in [0.2, 0.25) is 0 Å². The van der Waals surface area contributed by atoms with Gasteiger partial charge in [0.05, 0.1) is 5.52 Å². The van der Waals surface area contributed by atoms with E-state index in [0.717, 1.165) is 17.5 Å². The maximum atomic E-state index is 11.8. The number of pyridine rings is 1. The van der Waals surface area contributed by atoms with E-state index in [0.29, 0.717) is 11.9 Å². The summed E-state index contributed by atoms with van der Waals surface area (Å²) in [4.78, 5) is 23.6. The lowest BCUT2D eigenvalue weighted by Gasteiger charge is -2.11. The average Bonchev–Trinajstić information content (AvgIpc) is 2.40. The second kappa shape index (κ2) is 5.69. The quantitative estimate of drug-likeness (QED) is 0.909. The number of aryl methyl sites for hydroxylation is 1. The number of rotatable bonds is 4. The number of aromatic nitrogens is 1. The Morgan fingerprint density at radius 2 is 2.11 bits per heavy atom. The van der Waals surface area contributed by atoms with Gasteiger partial charge in [-0.15, -0.1) is 0 Å². The summed E-state index contributed by atoms with van der Waals surface area (Å²) in [5.41, 5.74) is 1.83. The number of carbonyl (C=O) groups excluding carboxylic acids is 1. The predicted molar refractivity (Wildman–Crippen MR) is 76.2 cm³/mol. The molecule has 4 heteroatoms. The van der Waals surface area contributed by atoms with Gasteiger partial charge in [-0.3, -0.25) is 9.59 Å². The molecule has 2 aromatic rings. The summed E-state index contributed by atoms with van der Waals surface area (Å²) < 4.78 is 1.81. The fourth-order valence-corrected chi connectivity index (χ4v) is 2.04. The zero-order chi connectivity index (χ0) is 13.8. The minimum Gasteiger partial charge on any atom is -0.355 e. The van der Waals surface area contributed by atoms with Crippen molar-refractivity contribution >= 4 is 16.8 Å². The number of nitrogens with one attached hydrogen (secondary N) is 1. The van der Waals surface area contributed by atoms with Crippen molar-refractivity contribution in [2.24, 2.45) is 0 Å². The van der Waals surface area contributed by atoms with Gasteiger partial charge in [-0.05, 0) is 25.5 Å². The molecule has 1 heterocycles. The van der Waals surface area contributed by atoms with Crippen molar-refractivity contribution in [1.29, 1.82) is 0 Å². The van der Waals surface area contributed by atoms with E-state index in [1.807, 2.05) is 32.0 Å². The second-order valence-electron chi connectivity index (χ2n) is 4.68. The van der Waals surface area contributed by atoms with E-state index in [1.165, 1.54) is 6.07 Å². The molecule has 1 N–H and O–H groups in total. The van der Waals surface area contributed by atoms with Gasteiger partial charge < -0.3 is 9.88 Å². The molecule has 0 radical (unpaired) electrons. The van der Waals surface area contributed by atoms with Crippen LogP contribution in [-0.2, 0) is 11.3 Å². The Kier molecular flexibility index (Phi) is 4.00. The van der Waals surface area contributed by atoms with Crippen LogP contribution in [-0.4, -0.2) is 17.0 Å². The number of hydrogen-bond donors (Lipinski definition) is 1. The Morgan fingerprint density at radius 1 is 1.32 bits per heavy atom. The van der Waals surface area contributed by atoms with Crippen molar-refractivity contribution in [3.8, 4) is 0 Å². The molecule has 0 unspecified atom stereocenters. The van der Waals surface area contributed by atoms with E-state index in [1.54, 1.807) is 10.8 Å². The highest BCUT2D eigenvalue weighted by atomic mass is 16.2. The molecule has 0 atom stereocenters. The van der Waals surface area contributed by atoms with Crippen LogP contribution < -0.4 is 10.7 Å². The van der Waals surface area contributed by atoms with E-state index >= 15 is 0 Å². The summed E-state index contributed by atoms with van der Waals surface area (Å²) >= 11 is 0. The van der Waals surface area contributed by atoms with E-state index in [2.05, 4.69) is 5.32 Å². The van der Waals surface area contributed by atoms with Crippen LogP contribution in [0.25, 0.3) is 10.9 Å². The lowest BCUT2D eigenvalue weighted by molar-refractivity contribution is -0.121. The topological polar surface area (TPSA) is 51.1 Å². The first-order valence-electron chi connectivity index (χ1n) is 6.48. The van der Waals surface area contributed by atoms with E-state index in [9.17, 15) is 9.59 Å². The van der Waals surface area contributed by atoms with E-state index in [4.69, 9.17) is 0 Å². The van der Waals surface area contributed by atoms with E-state index in [-0.39, 0.29) is 17.9 Å². The minimum absolute atomic E-state index is 0.0103. The Balaban J connectivity index is 2.37. The molecule has 0 aliphatic rings. The minimum atomic E-state index is -0.0348. The monoisotopic (exact) mass is 258 g/mol. The van der Waals surface area contributed by atoms with Gasteiger partial charge in [-0.1, -0.05) is 18.6 Å². The van der Waals surface area contributed by atoms with Gasteiger partial charge in [0.1, 0.15) is 6.54 Å². The second-order valence-corrected chi connectivity index (χ2v) is 4.68. The Labute approximate surface area is 112 Å². The normalized spacial score (nSPS) is 10.6. The Morgan fingerprint density at radius 3 is 2.84 bits per heavy atom. The molecule has 0 fully saturated rings. The highest BCUT2D eigenvalue weighted by Gasteiger charge is 2.06. The molecular formula is C15H18N2O2. The van der Waals surface area contributed by atoms with Crippen LogP contribution >= 0.6 is 0 Å².